The van der Waals surface area contributed by atoms with Gasteiger partial charge in [-0.3, -0.25) is 0 Å². The van der Waals surface area contributed by atoms with Gasteiger partial charge in [0.1, 0.15) is 5.75 Å². The van der Waals surface area contributed by atoms with Crippen molar-refractivity contribution in [1.29, 1.82) is 0 Å². The van der Waals surface area contributed by atoms with Crippen LogP contribution in [0.4, 0.5) is 0 Å². The van der Waals surface area contributed by atoms with Crippen LogP contribution in [0.5, 0.6) is 5.75 Å². The average molecular weight is 320 g/mol. The van der Waals surface area contributed by atoms with Crippen molar-refractivity contribution >= 4 is 29.2 Å². The molecule has 4 nitrogen and oxygen atoms in total. The van der Waals surface area contributed by atoms with Gasteiger partial charge in [0.25, 0.3) is 0 Å². The van der Waals surface area contributed by atoms with Gasteiger partial charge in [-0.15, -0.1) is 0 Å². The van der Waals surface area contributed by atoms with Gasteiger partial charge < -0.3 is 15.2 Å². The van der Waals surface area contributed by atoms with Crippen LogP contribution in [0.1, 0.15) is 32.8 Å². The van der Waals surface area contributed by atoms with Crippen LogP contribution in [0.2, 0.25) is 10.0 Å². The van der Waals surface area contributed by atoms with E-state index < -0.39 is 12.1 Å². The van der Waals surface area contributed by atoms with Gasteiger partial charge in [0.2, 0.25) is 0 Å². The lowest BCUT2D eigenvalue weighted by Crippen LogP contribution is -2.27. The number of carboxylic acid groups (broad SMARTS) is 1. The Hall–Kier alpha value is -0.970. The molecule has 1 unspecified atom stereocenters. The Bertz CT molecular complexity index is 478. The SMILES string of the molecule is CCC(Oc1c(Cl)cc(Cl)cc1CNC(C)C)C(=O)O. The molecule has 0 amide bonds. The molecule has 20 heavy (non-hydrogen) atoms. The summed E-state index contributed by atoms with van der Waals surface area (Å²) < 4.78 is 5.54. The third-order valence-corrected chi connectivity index (χ3v) is 3.19. The van der Waals surface area contributed by atoms with E-state index in [1.165, 1.54) is 0 Å². The van der Waals surface area contributed by atoms with Crippen molar-refractivity contribution in [3.05, 3.63) is 27.7 Å². The van der Waals surface area contributed by atoms with Gasteiger partial charge in [-0.25, -0.2) is 4.79 Å². The van der Waals surface area contributed by atoms with E-state index >= 15 is 0 Å². The Labute approximate surface area is 129 Å². The molecular weight excluding hydrogens is 301 g/mol. The summed E-state index contributed by atoms with van der Waals surface area (Å²) in [5.41, 5.74) is 0.746. The van der Waals surface area contributed by atoms with Gasteiger partial charge in [-0.1, -0.05) is 44.0 Å². The van der Waals surface area contributed by atoms with Gasteiger partial charge in [-0.2, -0.15) is 0 Å². The Morgan fingerprint density at radius 2 is 2.05 bits per heavy atom. The topological polar surface area (TPSA) is 58.6 Å². The van der Waals surface area contributed by atoms with Crippen LogP contribution in [-0.4, -0.2) is 23.2 Å². The molecular formula is C14H19Cl2NO3. The Morgan fingerprint density at radius 1 is 1.40 bits per heavy atom. The first-order valence-corrected chi connectivity index (χ1v) is 7.21. The van der Waals surface area contributed by atoms with E-state index in [1.807, 2.05) is 13.8 Å². The van der Waals surface area contributed by atoms with Crippen LogP contribution in [-0.2, 0) is 11.3 Å². The van der Waals surface area contributed by atoms with Crippen LogP contribution in [0.15, 0.2) is 12.1 Å². The summed E-state index contributed by atoms with van der Waals surface area (Å²) in [6.07, 6.45) is -0.572. The van der Waals surface area contributed by atoms with E-state index in [0.29, 0.717) is 28.8 Å². The zero-order valence-corrected chi connectivity index (χ0v) is 13.3. The Kier molecular flexibility index (Phi) is 6.59. The maximum Gasteiger partial charge on any atom is 0.344 e. The highest BCUT2D eigenvalue weighted by Gasteiger charge is 2.21. The molecule has 0 heterocycles. The number of nitrogens with one attached hydrogen (secondary N) is 1. The summed E-state index contributed by atoms with van der Waals surface area (Å²) in [6, 6.07) is 3.56. The first-order valence-electron chi connectivity index (χ1n) is 6.45. The van der Waals surface area contributed by atoms with Crippen LogP contribution < -0.4 is 10.1 Å². The molecule has 0 bridgehead atoms. The van der Waals surface area contributed by atoms with Crippen molar-refractivity contribution in [3.8, 4) is 5.75 Å². The molecule has 0 aliphatic rings. The fourth-order valence-corrected chi connectivity index (χ4v) is 2.22. The van der Waals surface area contributed by atoms with Crippen molar-refractivity contribution in [3.63, 3.8) is 0 Å². The van der Waals surface area contributed by atoms with Crippen molar-refractivity contribution in [2.24, 2.45) is 0 Å². The fourth-order valence-electron chi connectivity index (χ4n) is 1.64. The van der Waals surface area contributed by atoms with Gasteiger partial charge in [0.15, 0.2) is 6.10 Å². The number of benzene rings is 1. The van der Waals surface area contributed by atoms with Crippen molar-refractivity contribution in [1.82, 2.24) is 5.32 Å². The highest BCUT2D eigenvalue weighted by atomic mass is 35.5. The zero-order chi connectivity index (χ0) is 15.3. The lowest BCUT2D eigenvalue weighted by molar-refractivity contribution is -0.145. The minimum absolute atomic E-state index is 0.280. The van der Waals surface area contributed by atoms with Gasteiger partial charge in [0, 0.05) is 23.2 Å². The number of aliphatic carboxylic acids is 1. The third kappa shape index (κ3) is 4.85. The summed E-state index contributed by atoms with van der Waals surface area (Å²) in [5, 5.41) is 13.1. The summed E-state index contributed by atoms with van der Waals surface area (Å²) in [7, 11) is 0. The second-order valence-electron chi connectivity index (χ2n) is 4.76. The van der Waals surface area contributed by atoms with E-state index in [-0.39, 0.29) is 6.04 Å². The monoisotopic (exact) mass is 319 g/mol. The largest absolute Gasteiger partial charge is 0.479 e. The van der Waals surface area contributed by atoms with Gasteiger partial charge in [0.05, 0.1) is 5.02 Å². The average Bonchev–Trinajstić information content (AvgIpc) is 2.34. The molecule has 1 aromatic rings. The minimum atomic E-state index is -1.01. The smallest absolute Gasteiger partial charge is 0.344 e. The Balaban J connectivity index is 3.05. The molecule has 1 aromatic carbocycles. The molecule has 6 heteroatoms. The third-order valence-electron chi connectivity index (χ3n) is 2.69. The predicted molar refractivity (Wildman–Crippen MR) is 80.8 cm³/mol. The predicted octanol–water partition coefficient (Wildman–Crippen LogP) is 3.73. The van der Waals surface area contributed by atoms with Crippen LogP contribution in [0.25, 0.3) is 0 Å². The van der Waals surface area contributed by atoms with Crippen molar-refractivity contribution in [2.75, 3.05) is 0 Å². The quantitative estimate of drug-likeness (QED) is 0.804. The molecule has 1 rings (SSSR count). The Morgan fingerprint density at radius 3 is 2.55 bits per heavy atom. The number of hydrogen-bond acceptors (Lipinski definition) is 3. The summed E-state index contributed by atoms with van der Waals surface area (Å²) >= 11 is 12.1. The second-order valence-corrected chi connectivity index (χ2v) is 5.61. The first-order chi connectivity index (χ1) is 9.35. The number of hydrogen-bond donors (Lipinski definition) is 2. The number of carboxylic acids is 1. The lowest BCUT2D eigenvalue weighted by Gasteiger charge is -2.19. The normalized spacial score (nSPS) is 12.5. The minimum Gasteiger partial charge on any atom is -0.479 e. The molecule has 0 aliphatic heterocycles. The van der Waals surface area contributed by atoms with Crippen molar-refractivity contribution in [2.45, 2.75) is 45.9 Å². The van der Waals surface area contributed by atoms with Crippen molar-refractivity contribution < 1.29 is 14.6 Å². The van der Waals surface area contributed by atoms with Gasteiger partial charge in [-0.05, 0) is 18.6 Å². The molecule has 0 fully saturated rings. The second kappa shape index (κ2) is 7.72. The number of carbonyl (C=O) groups is 1. The molecule has 0 radical (unpaired) electrons. The standard InChI is InChI=1S/C14H19Cl2NO3/c1-4-12(14(18)19)20-13-9(7-17-8(2)3)5-10(15)6-11(13)16/h5-6,8,12,17H,4,7H2,1-3H3,(H,18,19). The summed E-state index contributed by atoms with van der Waals surface area (Å²) in [5.74, 6) is -0.639. The highest BCUT2D eigenvalue weighted by molar-refractivity contribution is 6.35. The van der Waals surface area contributed by atoms with E-state index in [1.54, 1.807) is 19.1 Å². The molecule has 112 valence electrons. The highest BCUT2D eigenvalue weighted by Crippen LogP contribution is 2.33. The van der Waals surface area contributed by atoms with E-state index in [9.17, 15) is 4.79 Å². The molecule has 1 atom stereocenters. The molecule has 0 aliphatic carbocycles. The summed E-state index contributed by atoms with van der Waals surface area (Å²) in [4.78, 5) is 11.1. The van der Waals surface area contributed by atoms with Gasteiger partial charge >= 0.3 is 5.97 Å². The molecule has 0 aromatic heterocycles. The first kappa shape index (κ1) is 17.1. The van der Waals surface area contributed by atoms with Crippen LogP contribution in [0.3, 0.4) is 0 Å². The van der Waals surface area contributed by atoms with Crippen LogP contribution in [0, 0.1) is 0 Å². The number of rotatable bonds is 7. The lowest BCUT2D eigenvalue weighted by atomic mass is 10.1. The summed E-state index contributed by atoms with van der Waals surface area (Å²) in [6.45, 7) is 6.27. The maximum absolute atomic E-state index is 11.1. The molecule has 2 N–H and O–H groups in total. The fraction of sp³-hybridized carbons (Fsp3) is 0.500. The zero-order valence-electron chi connectivity index (χ0n) is 11.7. The maximum atomic E-state index is 11.1. The van der Waals surface area contributed by atoms with E-state index in [0.717, 1.165) is 5.56 Å². The van der Waals surface area contributed by atoms with E-state index in [2.05, 4.69) is 5.32 Å². The molecule has 0 saturated carbocycles. The van der Waals surface area contributed by atoms with E-state index in [4.69, 9.17) is 33.0 Å². The van der Waals surface area contributed by atoms with Crippen LogP contribution >= 0.6 is 23.2 Å². The molecule has 0 saturated heterocycles. The number of halogens is 2. The molecule has 0 spiro atoms. The number of ether oxygens (including phenoxy) is 1.